The third-order valence-corrected chi connectivity index (χ3v) is 5.02. The Kier molecular flexibility index (Phi) is 6.64. The summed E-state index contributed by atoms with van der Waals surface area (Å²) >= 11 is 0. The molecule has 0 aromatic heterocycles. The Morgan fingerprint density at radius 1 is 0.457 bits per heavy atom. The van der Waals surface area contributed by atoms with E-state index in [1.54, 1.807) is 0 Å². The number of benzene rings is 3. The Morgan fingerprint density at radius 2 is 0.800 bits per heavy atom. The first-order valence-electron chi connectivity index (χ1n) is 9.11. The van der Waals surface area contributed by atoms with E-state index >= 15 is 0 Å². The molecule has 35 heavy (non-hydrogen) atoms. The Morgan fingerprint density at radius 3 is 1.23 bits per heavy atom. The van der Waals surface area contributed by atoms with Gasteiger partial charge in [0.25, 0.3) is 0 Å². The van der Waals surface area contributed by atoms with Gasteiger partial charge in [0.2, 0.25) is 5.82 Å². The molecule has 0 nitrogen and oxygen atoms in total. The molecule has 0 aliphatic heterocycles. The van der Waals surface area contributed by atoms with Gasteiger partial charge in [0, 0.05) is 17.2 Å². The van der Waals surface area contributed by atoms with E-state index in [9.17, 15) is 57.1 Å². The minimum Gasteiger partial charge on any atom is -0.204 e. The van der Waals surface area contributed by atoms with E-state index in [2.05, 4.69) is 0 Å². The van der Waals surface area contributed by atoms with Gasteiger partial charge in [0.1, 0.15) is 0 Å². The van der Waals surface area contributed by atoms with Crippen molar-refractivity contribution in [2.45, 2.75) is 19.2 Å². The summed E-state index contributed by atoms with van der Waals surface area (Å²) < 4.78 is 183. The summed E-state index contributed by atoms with van der Waals surface area (Å²) in [6, 6.07) is -0.206. The van der Waals surface area contributed by atoms with Gasteiger partial charge >= 0.3 is 0 Å². The zero-order valence-corrected chi connectivity index (χ0v) is 17.1. The molecule has 3 rings (SSSR count). The van der Waals surface area contributed by atoms with Crippen molar-refractivity contribution in [1.82, 2.24) is 0 Å². The van der Waals surface area contributed by atoms with Crippen molar-refractivity contribution in [1.29, 1.82) is 0 Å². The van der Waals surface area contributed by atoms with Crippen LogP contribution in [0.3, 0.4) is 0 Å². The number of hydrogen-bond acceptors (Lipinski definition) is 0. The van der Waals surface area contributed by atoms with Crippen molar-refractivity contribution in [3.63, 3.8) is 0 Å². The van der Waals surface area contributed by atoms with Gasteiger partial charge in [0.15, 0.2) is 77.1 Å². The van der Waals surface area contributed by atoms with Crippen LogP contribution < -0.4 is 5.46 Å². The lowest BCUT2D eigenvalue weighted by atomic mass is 9.46. The SMILES string of the molecule is CC(C)([B]c1c(F)c(F)c(F)c(F)c1-c1c(F)c(F)c(F)c(F)c1F)c1c(F)c(F)cc(F)c1F. The first-order chi connectivity index (χ1) is 16.0. The maximum atomic E-state index is 14.7. The predicted octanol–water partition coefficient (Wildman–Crippen LogP) is 6.43. The maximum Gasteiger partial charge on any atom is 0.200 e. The molecule has 1 radical (unpaired) electrons. The van der Waals surface area contributed by atoms with Crippen LogP contribution in [0, 0.1) is 75.6 Å². The molecule has 0 bridgehead atoms. The van der Waals surface area contributed by atoms with Gasteiger partial charge in [-0.3, -0.25) is 0 Å². The minimum atomic E-state index is -2.75. The molecule has 0 N–H and O–H groups in total. The summed E-state index contributed by atoms with van der Waals surface area (Å²) in [5, 5.41) is -2.53. The molecule has 0 amide bonds. The molecule has 0 saturated carbocycles. The van der Waals surface area contributed by atoms with Crippen LogP contribution in [0.5, 0.6) is 0 Å². The summed E-state index contributed by atoms with van der Waals surface area (Å²) in [4.78, 5) is 0. The normalized spacial score (nSPS) is 11.9. The van der Waals surface area contributed by atoms with Crippen LogP contribution >= 0.6 is 0 Å². The molecule has 0 atom stereocenters. The zero-order chi connectivity index (χ0) is 26.7. The second-order valence-corrected chi connectivity index (χ2v) is 7.70. The lowest BCUT2D eigenvalue weighted by Gasteiger charge is -2.27. The fourth-order valence-corrected chi connectivity index (χ4v) is 3.42. The highest BCUT2D eigenvalue weighted by atomic mass is 19.2. The topological polar surface area (TPSA) is 0 Å². The van der Waals surface area contributed by atoms with E-state index in [1.165, 1.54) is 0 Å². The summed E-state index contributed by atoms with van der Waals surface area (Å²) in [6.45, 7) is 1.38. The number of halogens is 13. The van der Waals surface area contributed by atoms with Gasteiger partial charge in [-0.05, 0) is 10.8 Å². The third-order valence-electron chi connectivity index (χ3n) is 5.02. The molecule has 0 saturated heterocycles. The van der Waals surface area contributed by atoms with E-state index in [4.69, 9.17) is 0 Å². The highest BCUT2D eigenvalue weighted by Crippen LogP contribution is 2.36. The van der Waals surface area contributed by atoms with E-state index in [0.29, 0.717) is 13.8 Å². The second kappa shape index (κ2) is 8.79. The van der Waals surface area contributed by atoms with E-state index in [1.807, 2.05) is 0 Å². The van der Waals surface area contributed by atoms with E-state index < -0.39 is 103 Å². The van der Waals surface area contributed by atoms with Gasteiger partial charge in [-0.1, -0.05) is 13.8 Å². The summed E-state index contributed by atoms with van der Waals surface area (Å²) in [7, 11) is 0.0711. The average Bonchev–Trinajstić information content (AvgIpc) is 2.79. The minimum absolute atomic E-state index is 0.0711. The molecular weight excluding hydrogens is 510 g/mol. The summed E-state index contributed by atoms with van der Waals surface area (Å²) in [5.74, 6) is -32.2. The van der Waals surface area contributed by atoms with Crippen molar-refractivity contribution in [2.24, 2.45) is 0 Å². The van der Waals surface area contributed by atoms with Gasteiger partial charge in [0.05, 0.1) is 5.56 Å². The molecule has 0 aliphatic carbocycles. The molecule has 3 aromatic carbocycles. The molecule has 185 valence electrons. The smallest absolute Gasteiger partial charge is 0.200 e. The molecule has 0 heterocycles. The Labute approximate surface area is 188 Å². The Hall–Kier alpha value is -3.19. The molecule has 0 spiro atoms. The first-order valence-corrected chi connectivity index (χ1v) is 9.11. The summed E-state index contributed by atoms with van der Waals surface area (Å²) in [5.41, 5.74) is -7.58. The lowest BCUT2D eigenvalue weighted by molar-refractivity contribution is 0.379. The monoisotopic (exact) mass is 517 g/mol. The number of hydrogen-bond donors (Lipinski definition) is 0. The fraction of sp³-hybridized carbons (Fsp3) is 0.143. The van der Waals surface area contributed by atoms with Crippen LogP contribution in [0.1, 0.15) is 19.4 Å². The van der Waals surface area contributed by atoms with Gasteiger partial charge < -0.3 is 0 Å². The average molecular weight is 517 g/mol. The first kappa shape index (κ1) is 26.4. The van der Waals surface area contributed by atoms with E-state index in [-0.39, 0.29) is 13.3 Å². The van der Waals surface area contributed by atoms with Crippen LogP contribution in [0.2, 0.25) is 0 Å². The predicted molar refractivity (Wildman–Crippen MR) is 96.2 cm³/mol. The lowest BCUT2D eigenvalue weighted by Crippen LogP contribution is -2.40. The van der Waals surface area contributed by atoms with Crippen LogP contribution in [0.4, 0.5) is 57.1 Å². The molecular formula is C21H7BF13. The third kappa shape index (κ3) is 4.02. The number of rotatable bonds is 4. The maximum absolute atomic E-state index is 14.7. The zero-order valence-electron chi connectivity index (χ0n) is 17.1. The van der Waals surface area contributed by atoms with Crippen molar-refractivity contribution < 1.29 is 57.1 Å². The molecule has 14 heteroatoms. The van der Waals surface area contributed by atoms with E-state index in [0.717, 1.165) is 0 Å². The molecule has 0 aliphatic rings. The van der Waals surface area contributed by atoms with Crippen LogP contribution in [0.25, 0.3) is 11.1 Å². The second-order valence-electron chi connectivity index (χ2n) is 7.70. The van der Waals surface area contributed by atoms with Crippen molar-refractivity contribution >= 4 is 12.7 Å². The van der Waals surface area contributed by atoms with Crippen molar-refractivity contribution in [3.05, 3.63) is 87.3 Å². The van der Waals surface area contributed by atoms with Gasteiger partial charge in [-0.2, -0.15) is 0 Å². The Balaban J connectivity index is 2.43. The van der Waals surface area contributed by atoms with Gasteiger partial charge in [-0.15, -0.1) is 0 Å². The molecule has 3 aromatic rings. The highest BCUT2D eigenvalue weighted by Gasteiger charge is 2.39. The standard InChI is InChI=1S/C21H7BF13/c1-21(2,8-10(25)4(23)3-5(24)11(8)26)22-9-6(12(27)16(31)19(34)15(9)30)7-13(28)17(32)20(35)18(33)14(7)29/h3H,1-2H3. The molecule has 0 fully saturated rings. The van der Waals surface area contributed by atoms with Crippen LogP contribution in [-0.4, -0.2) is 7.28 Å². The van der Waals surface area contributed by atoms with Crippen LogP contribution in [0.15, 0.2) is 6.07 Å². The summed E-state index contributed by atoms with van der Waals surface area (Å²) in [6.07, 6.45) is 0. The highest BCUT2D eigenvalue weighted by molar-refractivity contribution is 6.58. The fourth-order valence-electron chi connectivity index (χ4n) is 3.42. The largest absolute Gasteiger partial charge is 0.204 e. The van der Waals surface area contributed by atoms with Crippen molar-refractivity contribution in [2.75, 3.05) is 0 Å². The van der Waals surface area contributed by atoms with Crippen molar-refractivity contribution in [3.8, 4) is 11.1 Å². The quantitative estimate of drug-likeness (QED) is 0.162. The Bertz CT molecular complexity index is 1330. The van der Waals surface area contributed by atoms with Crippen LogP contribution in [-0.2, 0) is 5.31 Å². The molecule has 0 unspecified atom stereocenters. The van der Waals surface area contributed by atoms with Gasteiger partial charge in [-0.25, -0.2) is 57.1 Å².